The van der Waals surface area contributed by atoms with Gasteiger partial charge >= 0.3 is 0 Å². The van der Waals surface area contributed by atoms with E-state index in [1.807, 2.05) is 0 Å². The maximum atomic E-state index is 12.7. The van der Waals surface area contributed by atoms with Gasteiger partial charge in [-0.2, -0.15) is 5.26 Å². The lowest BCUT2D eigenvalue weighted by Crippen LogP contribution is -2.32. The van der Waals surface area contributed by atoms with Gasteiger partial charge in [0.05, 0.1) is 17.2 Å². The third kappa shape index (κ3) is 3.70. The first-order chi connectivity index (χ1) is 9.49. The second-order valence-electron chi connectivity index (χ2n) is 6.21. The second-order valence-corrected chi connectivity index (χ2v) is 7.87. The Morgan fingerprint density at radius 1 is 1.25 bits per heavy atom. The standard InChI is InChI=1S/C17H23NOS/c1-12-4-5-16(10-18)17(9-12)20(19)11-15-7-13(2)6-14(3)8-15/h6-8,12,16-17H,4-5,9,11H2,1-3H3. The van der Waals surface area contributed by atoms with E-state index in [2.05, 4.69) is 45.0 Å². The maximum Gasteiger partial charge on any atom is 0.0668 e. The van der Waals surface area contributed by atoms with Gasteiger partial charge in [-0.1, -0.05) is 36.2 Å². The number of rotatable bonds is 3. The van der Waals surface area contributed by atoms with Crippen molar-refractivity contribution in [2.24, 2.45) is 11.8 Å². The predicted molar refractivity (Wildman–Crippen MR) is 83.7 cm³/mol. The molecule has 0 spiro atoms. The quantitative estimate of drug-likeness (QED) is 0.847. The average Bonchev–Trinajstić information content (AvgIpc) is 2.37. The van der Waals surface area contributed by atoms with Crippen molar-refractivity contribution in [3.63, 3.8) is 0 Å². The second kappa shape index (κ2) is 6.54. The fraction of sp³-hybridized carbons (Fsp3) is 0.588. The number of nitriles is 1. The van der Waals surface area contributed by atoms with Crippen LogP contribution in [0.15, 0.2) is 18.2 Å². The molecule has 0 aliphatic heterocycles. The molecule has 1 aliphatic rings. The molecule has 2 rings (SSSR count). The molecule has 0 heterocycles. The van der Waals surface area contributed by atoms with E-state index in [0.717, 1.165) is 24.8 Å². The highest BCUT2D eigenvalue weighted by atomic mass is 32.2. The molecule has 108 valence electrons. The summed E-state index contributed by atoms with van der Waals surface area (Å²) in [5.41, 5.74) is 3.56. The zero-order chi connectivity index (χ0) is 14.7. The minimum atomic E-state index is -0.947. The number of aryl methyl sites for hydroxylation is 2. The van der Waals surface area contributed by atoms with Crippen LogP contribution >= 0.6 is 0 Å². The molecule has 3 heteroatoms. The molecule has 4 unspecified atom stereocenters. The molecule has 1 aliphatic carbocycles. The van der Waals surface area contributed by atoms with Crippen LogP contribution in [0.25, 0.3) is 0 Å². The molecule has 0 radical (unpaired) electrons. The summed E-state index contributed by atoms with van der Waals surface area (Å²) in [5, 5.41) is 9.31. The van der Waals surface area contributed by atoms with Crippen LogP contribution in [0.3, 0.4) is 0 Å². The zero-order valence-corrected chi connectivity index (χ0v) is 13.4. The Morgan fingerprint density at radius 3 is 2.50 bits per heavy atom. The third-order valence-electron chi connectivity index (χ3n) is 4.15. The van der Waals surface area contributed by atoms with Crippen molar-refractivity contribution >= 4 is 10.8 Å². The summed E-state index contributed by atoms with van der Waals surface area (Å²) in [6.45, 7) is 6.34. The summed E-state index contributed by atoms with van der Waals surface area (Å²) < 4.78 is 12.7. The van der Waals surface area contributed by atoms with Gasteiger partial charge in [0.1, 0.15) is 0 Å². The molecule has 0 amide bonds. The van der Waals surface area contributed by atoms with Crippen molar-refractivity contribution < 1.29 is 4.21 Å². The molecule has 1 aromatic rings. The minimum Gasteiger partial charge on any atom is -0.259 e. The smallest absolute Gasteiger partial charge is 0.0668 e. The number of hydrogen-bond donors (Lipinski definition) is 0. The van der Waals surface area contributed by atoms with Crippen molar-refractivity contribution in [3.05, 3.63) is 34.9 Å². The Kier molecular flexibility index (Phi) is 4.99. The number of benzene rings is 1. The summed E-state index contributed by atoms with van der Waals surface area (Å²) >= 11 is 0. The molecule has 0 aromatic heterocycles. The van der Waals surface area contributed by atoms with E-state index >= 15 is 0 Å². The Bertz CT molecular complexity index is 526. The average molecular weight is 289 g/mol. The van der Waals surface area contributed by atoms with Gasteiger partial charge in [0.25, 0.3) is 0 Å². The highest BCUT2D eigenvalue weighted by molar-refractivity contribution is 7.84. The van der Waals surface area contributed by atoms with E-state index in [0.29, 0.717) is 11.7 Å². The molecule has 0 bridgehead atoms. The fourth-order valence-electron chi connectivity index (χ4n) is 3.19. The Morgan fingerprint density at radius 2 is 1.90 bits per heavy atom. The lowest BCUT2D eigenvalue weighted by molar-refractivity contribution is 0.341. The number of hydrogen-bond acceptors (Lipinski definition) is 2. The lowest BCUT2D eigenvalue weighted by atomic mass is 9.83. The van der Waals surface area contributed by atoms with Gasteiger partial charge in [0.2, 0.25) is 0 Å². The molecule has 1 fully saturated rings. The summed E-state index contributed by atoms with van der Waals surface area (Å²) in [6, 6.07) is 8.72. The van der Waals surface area contributed by atoms with Crippen LogP contribution in [0.5, 0.6) is 0 Å². The van der Waals surface area contributed by atoms with Gasteiger partial charge in [-0.25, -0.2) is 0 Å². The third-order valence-corrected chi connectivity index (χ3v) is 5.96. The molecule has 4 atom stereocenters. The Balaban J connectivity index is 2.12. The molecule has 2 nitrogen and oxygen atoms in total. The predicted octanol–water partition coefficient (Wildman–Crippen LogP) is 3.88. The first-order valence-electron chi connectivity index (χ1n) is 7.33. The van der Waals surface area contributed by atoms with Gasteiger partial charge in [-0.05, 0) is 44.6 Å². The SMILES string of the molecule is Cc1cc(C)cc(CS(=O)C2CC(C)CCC2C#N)c1. The van der Waals surface area contributed by atoms with Gasteiger partial charge in [0.15, 0.2) is 0 Å². The van der Waals surface area contributed by atoms with Gasteiger partial charge in [-0.15, -0.1) is 0 Å². The summed E-state index contributed by atoms with van der Waals surface area (Å²) in [7, 11) is -0.947. The van der Waals surface area contributed by atoms with E-state index in [1.165, 1.54) is 11.1 Å². The highest BCUT2D eigenvalue weighted by Gasteiger charge is 2.32. The molecule has 20 heavy (non-hydrogen) atoms. The zero-order valence-electron chi connectivity index (χ0n) is 12.6. The molecule has 1 aromatic carbocycles. The maximum absolute atomic E-state index is 12.7. The van der Waals surface area contributed by atoms with Crippen molar-refractivity contribution in [3.8, 4) is 6.07 Å². The number of nitrogens with zero attached hydrogens (tertiary/aromatic N) is 1. The molecule has 1 saturated carbocycles. The van der Waals surface area contributed by atoms with Gasteiger partial charge in [-0.3, -0.25) is 4.21 Å². The molecular weight excluding hydrogens is 266 g/mol. The monoisotopic (exact) mass is 289 g/mol. The Labute approximate surface area is 124 Å². The molecular formula is C17H23NOS. The van der Waals surface area contributed by atoms with E-state index in [1.54, 1.807) is 0 Å². The summed E-state index contributed by atoms with van der Waals surface area (Å²) in [6.07, 6.45) is 2.92. The van der Waals surface area contributed by atoms with Crippen molar-refractivity contribution in [2.45, 2.75) is 51.0 Å². The van der Waals surface area contributed by atoms with Crippen molar-refractivity contribution in [1.29, 1.82) is 5.26 Å². The van der Waals surface area contributed by atoms with E-state index < -0.39 is 10.8 Å². The largest absolute Gasteiger partial charge is 0.259 e. The molecule has 0 N–H and O–H groups in total. The topological polar surface area (TPSA) is 40.9 Å². The van der Waals surface area contributed by atoms with Crippen molar-refractivity contribution in [2.75, 3.05) is 0 Å². The van der Waals surface area contributed by atoms with Crippen molar-refractivity contribution in [1.82, 2.24) is 0 Å². The van der Waals surface area contributed by atoms with Crippen LogP contribution < -0.4 is 0 Å². The summed E-state index contributed by atoms with van der Waals surface area (Å²) in [4.78, 5) is 0. The normalized spacial score (nSPS) is 27.8. The highest BCUT2D eigenvalue weighted by Crippen LogP contribution is 2.32. The van der Waals surface area contributed by atoms with Crippen LogP contribution in [0.1, 0.15) is 42.9 Å². The van der Waals surface area contributed by atoms with E-state index in [-0.39, 0.29) is 11.2 Å². The Hall–Kier alpha value is -1.14. The lowest BCUT2D eigenvalue weighted by Gasteiger charge is -2.30. The van der Waals surface area contributed by atoms with E-state index in [4.69, 9.17) is 0 Å². The van der Waals surface area contributed by atoms with Gasteiger partial charge in [0, 0.05) is 16.6 Å². The van der Waals surface area contributed by atoms with E-state index in [9.17, 15) is 9.47 Å². The first kappa shape index (κ1) is 15.3. The van der Waals surface area contributed by atoms with Crippen LogP contribution in [-0.2, 0) is 16.6 Å². The van der Waals surface area contributed by atoms with Crippen LogP contribution in [0.2, 0.25) is 0 Å². The van der Waals surface area contributed by atoms with Crippen LogP contribution in [-0.4, -0.2) is 9.46 Å². The molecule has 0 saturated heterocycles. The minimum absolute atomic E-state index is 0.0297. The van der Waals surface area contributed by atoms with Crippen LogP contribution in [0.4, 0.5) is 0 Å². The van der Waals surface area contributed by atoms with Gasteiger partial charge < -0.3 is 0 Å². The fourth-order valence-corrected chi connectivity index (χ4v) is 5.01. The van der Waals surface area contributed by atoms with Crippen LogP contribution in [0, 0.1) is 37.0 Å². The summed E-state index contributed by atoms with van der Waals surface area (Å²) in [5.74, 6) is 1.14. The first-order valence-corrected chi connectivity index (χ1v) is 8.71.